The van der Waals surface area contributed by atoms with Gasteiger partial charge in [-0.1, -0.05) is 42.8 Å². The maximum absolute atomic E-state index is 12.6. The molecule has 0 spiro atoms. The molecule has 3 N–H and O–H groups in total. The summed E-state index contributed by atoms with van der Waals surface area (Å²) in [6, 6.07) is 30.5. The number of likely N-dealkylation sites (N-methyl/N-ethyl adjacent to an activating group) is 1. The van der Waals surface area contributed by atoms with E-state index in [1.165, 1.54) is 67.3 Å². The van der Waals surface area contributed by atoms with Crippen LogP contribution in [0.5, 0.6) is 0 Å². The van der Waals surface area contributed by atoms with Crippen LogP contribution in [0, 0.1) is 0 Å². The number of benzene rings is 3. The molecule has 14 rings (SSSR count). The number of nitrogens with zero attached hydrogens (tertiary/aromatic N) is 10. The largest absolute Gasteiger partial charge is 0.324 e. The molecule has 2 fully saturated rings. The highest BCUT2D eigenvalue weighted by Crippen LogP contribution is 2.39. The highest BCUT2D eigenvalue weighted by molar-refractivity contribution is 7.11. The third-order valence-corrected chi connectivity index (χ3v) is 20.5. The highest BCUT2D eigenvalue weighted by Gasteiger charge is 2.24. The molecule has 16 nitrogen and oxygen atoms in total. The van der Waals surface area contributed by atoms with E-state index in [0.29, 0.717) is 62.2 Å². The Bertz CT molecular complexity index is 3970. The fourth-order valence-electron chi connectivity index (χ4n) is 12.4. The summed E-state index contributed by atoms with van der Waals surface area (Å²) in [7, 11) is 6.11. The van der Waals surface area contributed by atoms with E-state index < -0.39 is 0 Å². The first-order valence-electron chi connectivity index (χ1n) is 32.2. The van der Waals surface area contributed by atoms with Crippen LogP contribution in [0.2, 0.25) is 0 Å². The molecule has 0 saturated carbocycles. The van der Waals surface area contributed by atoms with Gasteiger partial charge >= 0.3 is 0 Å². The van der Waals surface area contributed by atoms with E-state index in [1.54, 1.807) is 34.0 Å². The number of piperidine rings is 1. The maximum atomic E-state index is 12.6. The second kappa shape index (κ2) is 30.6. The van der Waals surface area contributed by atoms with E-state index in [2.05, 4.69) is 87.0 Å². The Labute approximate surface area is 546 Å². The van der Waals surface area contributed by atoms with Crippen LogP contribution < -0.4 is 16.0 Å². The van der Waals surface area contributed by atoms with Crippen molar-refractivity contribution in [1.29, 1.82) is 0 Å². The predicted octanol–water partition coefficient (Wildman–Crippen LogP) is 12.9. The first-order chi connectivity index (χ1) is 44.5. The van der Waals surface area contributed by atoms with Crippen molar-refractivity contribution in [2.75, 3.05) is 96.0 Å². The normalized spacial score (nSPS) is 15.0. The number of Topliss-reactive ketones (excluding diaryl/α,β-unsaturated/α-hetero) is 3. The lowest BCUT2D eigenvalue weighted by molar-refractivity contribution is -0.119. The SMILES string of the molecule is CN(C)CCC(=O)Cc1cccc(Nc2ncc3c(n2)-c2ccsc2CC3)c1.CN1CCN(CCC(=O)Cc2cccc(Nc3ncc4c(n3)-c3ccsc3CC4)c2)CC1.O=C(CCN1CCCCC1)Cc1cccc(Nc2ncc3c(n2)-c2ccsc2CC3)c1. The summed E-state index contributed by atoms with van der Waals surface area (Å²) in [6.07, 6.45) is 19.1. The van der Waals surface area contributed by atoms with Crippen LogP contribution >= 0.6 is 34.0 Å². The van der Waals surface area contributed by atoms with Crippen molar-refractivity contribution in [3.8, 4) is 33.8 Å². The number of ketones is 3. The molecular formula is C72H81N13O3S3. The van der Waals surface area contributed by atoms with Gasteiger partial charge in [0.25, 0.3) is 0 Å². The van der Waals surface area contributed by atoms with Gasteiger partial charge in [0.15, 0.2) is 0 Å². The van der Waals surface area contributed by atoms with Crippen molar-refractivity contribution in [1.82, 2.24) is 49.5 Å². The van der Waals surface area contributed by atoms with E-state index in [4.69, 9.17) is 15.0 Å². The number of aromatic nitrogens is 6. The third-order valence-electron chi connectivity index (χ3n) is 17.5. The van der Waals surface area contributed by atoms with Crippen LogP contribution in [-0.4, -0.2) is 147 Å². The molecule has 470 valence electrons. The van der Waals surface area contributed by atoms with Crippen molar-refractivity contribution in [3.63, 3.8) is 0 Å². The lowest BCUT2D eigenvalue weighted by Gasteiger charge is -2.32. The molecule has 5 aliphatic rings. The van der Waals surface area contributed by atoms with E-state index >= 15 is 0 Å². The zero-order chi connectivity index (χ0) is 62.5. The Morgan fingerprint density at radius 3 is 1.22 bits per heavy atom. The fraction of sp³-hybridized carbons (Fsp3) is 0.375. The second-order valence-electron chi connectivity index (χ2n) is 24.7. The van der Waals surface area contributed by atoms with Crippen LogP contribution in [0.15, 0.2) is 126 Å². The van der Waals surface area contributed by atoms with Gasteiger partial charge in [0, 0.05) is 151 Å². The van der Waals surface area contributed by atoms with Gasteiger partial charge in [0.2, 0.25) is 17.8 Å². The van der Waals surface area contributed by atoms with Gasteiger partial charge in [-0.05, 0) is 190 Å². The fourth-order valence-corrected chi connectivity index (χ4v) is 15.1. The number of carbonyl (C=O) groups excluding carboxylic acids is 3. The molecule has 8 heterocycles. The number of anilines is 6. The first-order valence-corrected chi connectivity index (χ1v) is 34.8. The zero-order valence-electron chi connectivity index (χ0n) is 52.5. The quantitative estimate of drug-likeness (QED) is 0.0618. The Morgan fingerprint density at radius 2 is 0.835 bits per heavy atom. The number of hydrogen-bond acceptors (Lipinski definition) is 19. The summed E-state index contributed by atoms with van der Waals surface area (Å²) < 4.78 is 0. The number of thiophene rings is 3. The van der Waals surface area contributed by atoms with Gasteiger partial charge in [-0.3, -0.25) is 14.4 Å². The molecule has 3 aromatic carbocycles. The van der Waals surface area contributed by atoms with Crippen LogP contribution in [0.25, 0.3) is 33.8 Å². The van der Waals surface area contributed by atoms with Gasteiger partial charge in [-0.25, -0.2) is 29.9 Å². The van der Waals surface area contributed by atoms with Gasteiger partial charge in [0.05, 0.1) is 17.1 Å². The molecule has 2 saturated heterocycles. The van der Waals surface area contributed by atoms with Crippen molar-refractivity contribution in [2.24, 2.45) is 0 Å². The number of hydrogen-bond donors (Lipinski definition) is 3. The minimum atomic E-state index is 0.251. The van der Waals surface area contributed by atoms with E-state index in [1.807, 2.05) is 110 Å². The molecule has 19 heteroatoms. The van der Waals surface area contributed by atoms with Gasteiger partial charge in [-0.2, -0.15) is 0 Å². The third kappa shape index (κ3) is 17.2. The van der Waals surface area contributed by atoms with Crippen LogP contribution in [0.4, 0.5) is 34.9 Å². The topological polar surface area (TPSA) is 178 Å². The Hall–Kier alpha value is -7.75. The molecule has 9 aromatic rings. The number of carbonyl (C=O) groups is 3. The zero-order valence-corrected chi connectivity index (χ0v) is 55.0. The van der Waals surface area contributed by atoms with E-state index in [0.717, 1.165) is 148 Å². The minimum Gasteiger partial charge on any atom is -0.324 e. The highest BCUT2D eigenvalue weighted by atomic mass is 32.1. The lowest BCUT2D eigenvalue weighted by atomic mass is 9.96. The lowest BCUT2D eigenvalue weighted by Crippen LogP contribution is -2.45. The van der Waals surface area contributed by atoms with Gasteiger partial charge in [-0.15, -0.1) is 34.0 Å². The summed E-state index contributed by atoms with van der Waals surface area (Å²) in [5.41, 5.74) is 16.3. The Morgan fingerprint density at radius 1 is 0.462 bits per heavy atom. The van der Waals surface area contributed by atoms with Gasteiger partial charge < -0.3 is 35.6 Å². The molecule has 0 bridgehead atoms. The van der Waals surface area contributed by atoms with Crippen molar-refractivity contribution in [2.45, 2.75) is 96.3 Å². The molecule has 3 aliphatic carbocycles. The number of nitrogens with one attached hydrogen (secondary N) is 3. The Balaban J connectivity index is 0.000000132. The van der Waals surface area contributed by atoms with E-state index in [-0.39, 0.29) is 11.6 Å². The number of piperazine rings is 1. The maximum Gasteiger partial charge on any atom is 0.227 e. The molecule has 0 amide bonds. The smallest absolute Gasteiger partial charge is 0.227 e. The van der Waals surface area contributed by atoms with Crippen molar-refractivity contribution < 1.29 is 14.4 Å². The average molecular weight is 1270 g/mol. The molecule has 91 heavy (non-hydrogen) atoms. The van der Waals surface area contributed by atoms with Crippen LogP contribution in [-0.2, 0) is 72.2 Å². The van der Waals surface area contributed by atoms with Crippen LogP contribution in [0.1, 0.15) is 86.5 Å². The number of likely N-dealkylation sites (tertiary alicyclic amines) is 1. The standard InChI is InChI=1S/C25H29N5OS.C25H28N4OS.C22H24N4OS/c1-29-10-12-30(13-11-29)9-7-21(31)16-18-3-2-4-20(15-18)27-25-26-17-19-5-6-23-22(8-14-32-23)24(19)28-25;30-21(9-13-29-11-2-1-3-12-29)16-18-5-4-6-20(15-18)27-25-26-17-19-7-8-23-22(10-14-31-23)24(19)28-25;1-26(2)10-8-18(27)13-15-4-3-5-17(12-15)24-22-23-14-16-6-7-20-19(9-11-28-20)21(16)25-22/h2-4,8,14-15,17H,5-7,9-13,16H2,1H3,(H,26,27,28);4-6,10,14-15,17H,1-3,7-9,11-13,16H2,(H,26,27,28);3-5,9,11-12,14H,6-8,10,13H2,1-2H3,(H,23,24,25). The number of fused-ring (bicyclic) bond motifs is 9. The summed E-state index contributed by atoms with van der Waals surface area (Å²) in [4.78, 5) is 78.5. The number of rotatable bonds is 21. The number of aryl methyl sites for hydroxylation is 6. The van der Waals surface area contributed by atoms with Crippen LogP contribution in [0.3, 0.4) is 0 Å². The first kappa shape index (κ1) is 63.4. The second-order valence-corrected chi connectivity index (χ2v) is 27.7. The van der Waals surface area contributed by atoms with Gasteiger partial charge in [0.1, 0.15) is 17.3 Å². The summed E-state index contributed by atoms with van der Waals surface area (Å²) in [5, 5.41) is 16.4. The monoisotopic (exact) mass is 1270 g/mol. The van der Waals surface area contributed by atoms with Crippen molar-refractivity contribution in [3.05, 3.63) is 174 Å². The molecule has 0 atom stereocenters. The summed E-state index contributed by atoms with van der Waals surface area (Å²) in [6.45, 7) is 9.09. The van der Waals surface area contributed by atoms with E-state index in [9.17, 15) is 14.4 Å². The summed E-state index contributed by atoms with van der Waals surface area (Å²) >= 11 is 5.40. The molecule has 0 radical (unpaired) electrons. The molecular weight excluding hydrogens is 1190 g/mol. The summed E-state index contributed by atoms with van der Waals surface area (Å²) in [5.74, 6) is 2.64. The average Bonchev–Trinajstić information content (AvgIpc) is 2.11. The minimum absolute atomic E-state index is 0.251. The predicted molar refractivity (Wildman–Crippen MR) is 370 cm³/mol. The molecule has 2 aliphatic heterocycles. The van der Waals surface area contributed by atoms with Crippen molar-refractivity contribution >= 4 is 86.3 Å². The Kier molecular flexibility index (Phi) is 21.3. The molecule has 0 unspecified atom stereocenters. The molecule has 6 aromatic heterocycles.